The third kappa shape index (κ3) is 4.19. The van der Waals surface area contributed by atoms with Crippen LogP contribution >= 0.6 is 0 Å². The Hall–Kier alpha value is -3.19. The molecule has 188 valence electrons. The van der Waals surface area contributed by atoms with Gasteiger partial charge in [0.1, 0.15) is 6.04 Å². The molecule has 2 saturated carbocycles. The maximum absolute atomic E-state index is 14.1. The molecule has 1 aliphatic heterocycles. The number of hydrogen-bond donors (Lipinski definition) is 2. The van der Waals surface area contributed by atoms with E-state index >= 15 is 0 Å². The monoisotopic (exact) mass is 486 g/mol. The van der Waals surface area contributed by atoms with Crippen molar-refractivity contribution in [2.24, 2.45) is 11.3 Å². The first-order valence-corrected chi connectivity index (χ1v) is 13.3. The molecule has 3 aromatic rings. The molecule has 6 rings (SSSR count). The molecular weight excluding hydrogens is 452 g/mol. The number of carbonyl (C=O) groups excluding carboxylic acids is 2. The number of H-pyrrole nitrogens is 1. The Morgan fingerprint density at radius 3 is 2.67 bits per heavy atom. The Labute approximate surface area is 211 Å². The maximum atomic E-state index is 14.1. The summed E-state index contributed by atoms with van der Waals surface area (Å²) in [5.74, 6) is 0.448. The minimum absolute atomic E-state index is 0.0969. The van der Waals surface area contributed by atoms with Crippen molar-refractivity contribution in [2.75, 3.05) is 11.9 Å². The van der Waals surface area contributed by atoms with Crippen LogP contribution in [0, 0.1) is 11.3 Å². The van der Waals surface area contributed by atoms with Gasteiger partial charge in [-0.3, -0.25) is 14.7 Å². The van der Waals surface area contributed by atoms with Crippen LogP contribution in [-0.4, -0.2) is 45.6 Å². The van der Waals surface area contributed by atoms with E-state index in [9.17, 15) is 9.59 Å². The quantitative estimate of drug-likeness (QED) is 0.489. The first-order chi connectivity index (χ1) is 17.6. The van der Waals surface area contributed by atoms with E-state index in [1.807, 2.05) is 41.3 Å². The van der Waals surface area contributed by atoms with Crippen LogP contribution in [0.4, 0.5) is 5.69 Å². The normalized spacial score (nSPS) is 25.1. The molecule has 2 aliphatic carbocycles. The van der Waals surface area contributed by atoms with Gasteiger partial charge in [-0.2, -0.15) is 5.10 Å². The lowest BCUT2D eigenvalue weighted by atomic mass is 9.62. The number of nitrogens with one attached hydrogen (secondary N) is 2. The van der Waals surface area contributed by atoms with Gasteiger partial charge in [-0.15, -0.1) is 0 Å². The minimum atomic E-state index is -0.415. The van der Waals surface area contributed by atoms with Gasteiger partial charge >= 0.3 is 0 Å². The van der Waals surface area contributed by atoms with Crippen molar-refractivity contribution >= 4 is 28.4 Å². The van der Waals surface area contributed by atoms with E-state index in [4.69, 9.17) is 4.74 Å². The fraction of sp³-hybridized carbons (Fsp3) is 0.483. The van der Waals surface area contributed by atoms with Crippen LogP contribution in [0.5, 0.6) is 0 Å². The van der Waals surface area contributed by atoms with Gasteiger partial charge in [0.2, 0.25) is 11.8 Å². The van der Waals surface area contributed by atoms with Crippen LogP contribution in [0.15, 0.2) is 54.7 Å². The number of carbonyl (C=O) groups is 2. The summed E-state index contributed by atoms with van der Waals surface area (Å²) >= 11 is 0. The highest BCUT2D eigenvalue weighted by atomic mass is 16.5. The molecule has 3 fully saturated rings. The summed E-state index contributed by atoms with van der Waals surface area (Å²) in [4.78, 5) is 29.4. The molecule has 0 radical (unpaired) electrons. The molecule has 2 aromatic carbocycles. The van der Waals surface area contributed by atoms with Gasteiger partial charge < -0.3 is 15.0 Å². The Kier molecular flexibility index (Phi) is 6.25. The zero-order chi connectivity index (χ0) is 24.5. The fourth-order valence-corrected chi connectivity index (χ4v) is 6.61. The van der Waals surface area contributed by atoms with Gasteiger partial charge in [0.25, 0.3) is 0 Å². The zero-order valence-electron chi connectivity index (χ0n) is 20.6. The van der Waals surface area contributed by atoms with Crippen molar-refractivity contribution in [1.82, 2.24) is 15.1 Å². The molecule has 7 heteroatoms. The number of benzene rings is 2. The highest BCUT2D eigenvalue weighted by Crippen LogP contribution is 2.54. The molecule has 2 amide bonds. The van der Waals surface area contributed by atoms with E-state index in [0.717, 1.165) is 61.5 Å². The van der Waals surface area contributed by atoms with Crippen LogP contribution in [0.2, 0.25) is 0 Å². The summed E-state index contributed by atoms with van der Waals surface area (Å²) in [6, 6.07) is 15.6. The number of anilines is 1. The third-order valence-corrected chi connectivity index (χ3v) is 8.69. The van der Waals surface area contributed by atoms with Crippen molar-refractivity contribution in [1.29, 1.82) is 0 Å². The van der Waals surface area contributed by atoms with E-state index in [-0.39, 0.29) is 23.3 Å². The van der Waals surface area contributed by atoms with Crippen molar-refractivity contribution in [3.8, 4) is 0 Å². The highest BCUT2D eigenvalue weighted by Gasteiger charge is 2.55. The lowest BCUT2D eigenvalue weighted by molar-refractivity contribution is -0.157. The molecule has 7 nitrogen and oxygen atoms in total. The molecule has 2 N–H and O–H groups in total. The average Bonchev–Trinajstić information content (AvgIpc) is 3.64. The van der Waals surface area contributed by atoms with E-state index in [2.05, 4.69) is 27.6 Å². The molecular formula is C29H34N4O3. The highest BCUT2D eigenvalue weighted by molar-refractivity contribution is 6.04. The van der Waals surface area contributed by atoms with Crippen molar-refractivity contribution < 1.29 is 14.3 Å². The Morgan fingerprint density at radius 2 is 1.86 bits per heavy atom. The van der Waals surface area contributed by atoms with Gasteiger partial charge in [-0.1, -0.05) is 49.2 Å². The number of aromatic nitrogens is 2. The zero-order valence-corrected chi connectivity index (χ0v) is 20.6. The molecule has 0 spiro atoms. The topological polar surface area (TPSA) is 87.3 Å². The molecule has 1 saturated heterocycles. The molecule has 1 atom stereocenters. The predicted molar refractivity (Wildman–Crippen MR) is 138 cm³/mol. The number of ether oxygens (including phenoxy) is 1. The number of rotatable bonds is 7. The smallest absolute Gasteiger partial charge is 0.247 e. The lowest BCUT2D eigenvalue weighted by Gasteiger charge is -2.48. The third-order valence-electron chi connectivity index (χ3n) is 8.69. The average molecular weight is 487 g/mol. The van der Waals surface area contributed by atoms with E-state index in [1.54, 1.807) is 6.20 Å². The second-order valence-electron chi connectivity index (χ2n) is 10.7. The first-order valence-electron chi connectivity index (χ1n) is 13.3. The second-order valence-corrected chi connectivity index (χ2v) is 10.7. The fourth-order valence-electron chi connectivity index (χ4n) is 6.61. The Morgan fingerprint density at radius 1 is 1.06 bits per heavy atom. The lowest BCUT2D eigenvalue weighted by Crippen LogP contribution is -2.54. The number of aromatic amines is 1. The van der Waals surface area contributed by atoms with E-state index < -0.39 is 6.04 Å². The van der Waals surface area contributed by atoms with Gasteiger partial charge in [0, 0.05) is 11.9 Å². The van der Waals surface area contributed by atoms with Crippen molar-refractivity contribution in [3.63, 3.8) is 0 Å². The summed E-state index contributed by atoms with van der Waals surface area (Å²) in [6.07, 6.45) is 9.43. The van der Waals surface area contributed by atoms with Crippen LogP contribution < -0.4 is 5.32 Å². The maximum Gasteiger partial charge on any atom is 0.247 e. The molecule has 36 heavy (non-hydrogen) atoms. The number of nitrogens with zero attached hydrogens (tertiary/aromatic N) is 2. The summed E-state index contributed by atoms with van der Waals surface area (Å²) in [5, 5.41) is 11.0. The van der Waals surface area contributed by atoms with Gasteiger partial charge in [-0.05, 0) is 62.1 Å². The van der Waals surface area contributed by atoms with Crippen molar-refractivity contribution in [2.45, 2.75) is 70.1 Å². The number of hydrogen-bond acceptors (Lipinski definition) is 4. The standard InChI is InChI=1S/C29H34N4O3/c34-27(31-24-10-6-11-25-23(24)18-30-32-25)26-12-7-15-33(26)28(35)29(13-4-5-14-29)21-16-22(17-21)36-19-20-8-2-1-3-9-20/h1-3,6,8-11,18,21-22,26H,4-5,7,12-17,19H2,(H,30,32)(H,31,34)/t21?,22?,26-/m1/s1. The first kappa shape index (κ1) is 23.2. The van der Waals surface area contributed by atoms with Crippen LogP contribution in [-0.2, 0) is 20.9 Å². The molecule has 0 bridgehead atoms. The van der Waals surface area contributed by atoms with Gasteiger partial charge in [0.05, 0.1) is 35.5 Å². The van der Waals surface area contributed by atoms with Crippen molar-refractivity contribution in [3.05, 3.63) is 60.3 Å². The van der Waals surface area contributed by atoms with Gasteiger partial charge in [0.15, 0.2) is 0 Å². The summed E-state index contributed by atoms with van der Waals surface area (Å²) in [5.41, 5.74) is 2.47. The number of amides is 2. The van der Waals surface area contributed by atoms with Crippen LogP contribution in [0.1, 0.15) is 56.9 Å². The molecule has 0 unspecified atom stereocenters. The van der Waals surface area contributed by atoms with Gasteiger partial charge in [-0.25, -0.2) is 0 Å². The number of likely N-dealkylation sites (tertiary alicyclic amines) is 1. The van der Waals surface area contributed by atoms with Crippen LogP contribution in [0.25, 0.3) is 10.9 Å². The molecule has 3 aliphatic rings. The Balaban J connectivity index is 1.12. The minimum Gasteiger partial charge on any atom is -0.374 e. The summed E-state index contributed by atoms with van der Waals surface area (Å²) in [7, 11) is 0. The summed E-state index contributed by atoms with van der Waals surface area (Å²) in [6.45, 7) is 1.28. The Bertz CT molecular complexity index is 1230. The van der Waals surface area contributed by atoms with E-state index in [1.165, 1.54) is 5.56 Å². The SMILES string of the molecule is O=C(Nc1cccc2[nH]ncc12)[C@H]1CCCN1C(=O)C1(C2CC(OCc3ccccc3)C2)CCCC1. The molecule has 2 heterocycles. The largest absolute Gasteiger partial charge is 0.374 e. The number of fused-ring (bicyclic) bond motifs is 1. The molecule has 1 aromatic heterocycles. The van der Waals surface area contributed by atoms with E-state index in [0.29, 0.717) is 25.5 Å². The van der Waals surface area contributed by atoms with Crippen LogP contribution in [0.3, 0.4) is 0 Å². The summed E-state index contributed by atoms with van der Waals surface area (Å²) < 4.78 is 6.16. The second kappa shape index (κ2) is 9.69. The predicted octanol–water partition coefficient (Wildman–Crippen LogP) is 5.05.